The predicted molar refractivity (Wildman–Crippen MR) is 135 cm³/mol. The van der Waals surface area contributed by atoms with Crippen LogP contribution in [0.1, 0.15) is 24.8 Å². The predicted octanol–water partition coefficient (Wildman–Crippen LogP) is 3.22. The SMILES string of the molecule is CN(CCCNC(=O)[C@@H]1CCCN(S(=O)(=O)c2ccc3c(ccn3C)c2)C1)Cc1ccccc1. The molecule has 0 radical (unpaired) electrons. The maximum Gasteiger partial charge on any atom is 0.243 e. The fourth-order valence-electron chi connectivity index (χ4n) is 4.62. The molecular formula is C26H34N4O3S. The highest BCUT2D eigenvalue weighted by Gasteiger charge is 2.33. The molecule has 2 aromatic carbocycles. The quantitative estimate of drug-likeness (QED) is 0.475. The maximum atomic E-state index is 13.3. The van der Waals surface area contributed by atoms with E-state index in [-0.39, 0.29) is 23.3 Å². The number of hydrogen-bond donors (Lipinski definition) is 1. The number of amides is 1. The van der Waals surface area contributed by atoms with E-state index in [4.69, 9.17) is 0 Å². The smallest absolute Gasteiger partial charge is 0.243 e. The van der Waals surface area contributed by atoms with Crippen LogP contribution in [0.5, 0.6) is 0 Å². The van der Waals surface area contributed by atoms with Crippen molar-refractivity contribution in [3.63, 3.8) is 0 Å². The maximum absolute atomic E-state index is 13.3. The normalized spacial score (nSPS) is 17.3. The number of fused-ring (bicyclic) bond motifs is 1. The van der Waals surface area contributed by atoms with Crippen molar-refractivity contribution in [3.05, 3.63) is 66.4 Å². The van der Waals surface area contributed by atoms with E-state index >= 15 is 0 Å². The lowest BCUT2D eigenvalue weighted by Gasteiger charge is -2.31. The average Bonchev–Trinajstić information content (AvgIpc) is 3.22. The minimum Gasteiger partial charge on any atom is -0.356 e. The summed E-state index contributed by atoms with van der Waals surface area (Å²) >= 11 is 0. The van der Waals surface area contributed by atoms with Gasteiger partial charge in [-0.3, -0.25) is 4.79 Å². The highest BCUT2D eigenvalue weighted by molar-refractivity contribution is 7.89. The van der Waals surface area contributed by atoms with Crippen LogP contribution >= 0.6 is 0 Å². The third-order valence-electron chi connectivity index (χ3n) is 6.56. The minimum atomic E-state index is -3.64. The van der Waals surface area contributed by atoms with Gasteiger partial charge in [0, 0.05) is 50.3 Å². The molecule has 182 valence electrons. The Morgan fingerprint density at radius 2 is 1.94 bits per heavy atom. The van der Waals surface area contributed by atoms with Gasteiger partial charge in [0.05, 0.1) is 10.8 Å². The largest absolute Gasteiger partial charge is 0.356 e. The molecule has 1 saturated heterocycles. The Morgan fingerprint density at radius 1 is 1.15 bits per heavy atom. The molecule has 8 heteroatoms. The van der Waals surface area contributed by atoms with Crippen LogP contribution in [-0.4, -0.2) is 61.3 Å². The van der Waals surface area contributed by atoms with Crippen LogP contribution in [0.2, 0.25) is 0 Å². The number of benzene rings is 2. The van der Waals surface area contributed by atoms with Gasteiger partial charge < -0.3 is 14.8 Å². The lowest BCUT2D eigenvalue weighted by molar-refractivity contribution is -0.126. The van der Waals surface area contributed by atoms with Crippen molar-refractivity contribution in [1.82, 2.24) is 19.1 Å². The van der Waals surface area contributed by atoms with Gasteiger partial charge in [0.15, 0.2) is 0 Å². The van der Waals surface area contributed by atoms with Crippen molar-refractivity contribution >= 4 is 26.8 Å². The molecule has 1 atom stereocenters. The molecule has 3 aromatic rings. The van der Waals surface area contributed by atoms with Gasteiger partial charge in [-0.05, 0) is 62.7 Å². The zero-order chi connectivity index (χ0) is 24.1. The lowest BCUT2D eigenvalue weighted by atomic mass is 9.99. The highest BCUT2D eigenvalue weighted by atomic mass is 32.2. The van der Waals surface area contributed by atoms with Crippen molar-refractivity contribution in [3.8, 4) is 0 Å². The fraction of sp³-hybridized carbons (Fsp3) is 0.423. The van der Waals surface area contributed by atoms with Crippen molar-refractivity contribution in [2.45, 2.75) is 30.7 Å². The van der Waals surface area contributed by atoms with E-state index in [2.05, 4.69) is 29.4 Å². The van der Waals surface area contributed by atoms with E-state index in [9.17, 15) is 13.2 Å². The first-order valence-corrected chi connectivity index (χ1v) is 13.3. The standard InChI is InChI=1S/C26H34N4O3S/c1-28(19-21-8-4-3-5-9-21)15-7-14-27-26(31)23-10-6-16-30(20-23)34(32,33)24-11-12-25-22(18-24)13-17-29(25)2/h3-5,8-9,11-13,17-18,23H,6-7,10,14-16,19-20H2,1-2H3,(H,27,31)/t23-/m1/s1. The van der Waals surface area contributed by atoms with E-state index < -0.39 is 10.0 Å². The third kappa shape index (κ3) is 5.68. The topological polar surface area (TPSA) is 74.7 Å². The molecule has 0 aliphatic carbocycles. The van der Waals surface area contributed by atoms with E-state index in [1.54, 1.807) is 12.1 Å². The average molecular weight is 483 g/mol. The van der Waals surface area contributed by atoms with Crippen LogP contribution in [0.3, 0.4) is 0 Å². The van der Waals surface area contributed by atoms with Crippen LogP contribution in [0.25, 0.3) is 10.9 Å². The van der Waals surface area contributed by atoms with E-state index in [0.29, 0.717) is 25.9 Å². The second-order valence-electron chi connectivity index (χ2n) is 9.22. The summed E-state index contributed by atoms with van der Waals surface area (Å²) in [5.74, 6) is -0.366. The number of piperidine rings is 1. The zero-order valence-electron chi connectivity index (χ0n) is 20.0. The molecule has 0 spiro atoms. The van der Waals surface area contributed by atoms with Crippen molar-refractivity contribution < 1.29 is 13.2 Å². The number of sulfonamides is 1. The molecule has 34 heavy (non-hydrogen) atoms. The number of aryl methyl sites for hydroxylation is 1. The molecule has 7 nitrogen and oxygen atoms in total. The Kier molecular flexibility index (Phi) is 7.70. The Bertz CT molecular complexity index is 1220. The summed E-state index contributed by atoms with van der Waals surface area (Å²) in [6, 6.07) is 17.4. The molecule has 2 heterocycles. The molecule has 4 rings (SSSR count). The van der Waals surface area contributed by atoms with Gasteiger partial charge in [-0.2, -0.15) is 4.31 Å². The monoisotopic (exact) mass is 482 g/mol. The molecule has 1 aliphatic heterocycles. The molecule has 1 aromatic heterocycles. The first-order valence-electron chi connectivity index (χ1n) is 11.9. The number of nitrogens with zero attached hydrogens (tertiary/aromatic N) is 3. The second kappa shape index (κ2) is 10.7. The first-order chi connectivity index (χ1) is 16.3. The Morgan fingerprint density at radius 3 is 2.74 bits per heavy atom. The van der Waals surface area contributed by atoms with Crippen LogP contribution in [0, 0.1) is 5.92 Å². The molecule has 0 bridgehead atoms. The zero-order valence-corrected chi connectivity index (χ0v) is 20.8. The summed E-state index contributed by atoms with van der Waals surface area (Å²) in [7, 11) is 0.372. The summed E-state index contributed by atoms with van der Waals surface area (Å²) < 4.78 is 30.0. The summed E-state index contributed by atoms with van der Waals surface area (Å²) in [4.78, 5) is 15.3. The molecule has 0 saturated carbocycles. The van der Waals surface area contributed by atoms with E-state index in [1.807, 2.05) is 48.1 Å². The molecule has 0 unspecified atom stereocenters. The Balaban J connectivity index is 1.28. The van der Waals surface area contributed by atoms with Gasteiger partial charge in [-0.15, -0.1) is 0 Å². The first kappa shape index (κ1) is 24.4. The van der Waals surface area contributed by atoms with Crippen molar-refractivity contribution in [1.29, 1.82) is 0 Å². The minimum absolute atomic E-state index is 0.0517. The third-order valence-corrected chi connectivity index (χ3v) is 8.42. The van der Waals surface area contributed by atoms with E-state index in [1.165, 1.54) is 9.87 Å². The summed E-state index contributed by atoms with van der Waals surface area (Å²) in [6.45, 7) is 3.02. The number of hydrogen-bond acceptors (Lipinski definition) is 4. The fourth-order valence-corrected chi connectivity index (χ4v) is 6.18. The van der Waals surface area contributed by atoms with Gasteiger partial charge in [0.25, 0.3) is 0 Å². The molecular weight excluding hydrogens is 448 g/mol. The van der Waals surface area contributed by atoms with Crippen LogP contribution in [-0.2, 0) is 28.4 Å². The molecule has 1 fully saturated rings. The van der Waals surface area contributed by atoms with Gasteiger partial charge in [-0.1, -0.05) is 30.3 Å². The van der Waals surface area contributed by atoms with Crippen LogP contribution < -0.4 is 5.32 Å². The van der Waals surface area contributed by atoms with Crippen molar-refractivity contribution in [2.24, 2.45) is 13.0 Å². The Labute approximate surface area is 202 Å². The Hall–Kier alpha value is -2.68. The number of aromatic nitrogens is 1. The van der Waals surface area contributed by atoms with Gasteiger partial charge in [0.1, 0.15) is 0 Å². The van der Waals surface area contributed by atoms with E-state index in [0.717, 1.165) is 30.4 Å². The molecule has 1 aliphatic rings. The number of rotatable bonds is 9. The van der Waals surface area contributed by atoms with Gasteiger partial charge >= 0.3 is 0 Å². The molecule has 1 amide bonds. The van der Waals surface area contributed by atoms with Gasteiger partial charge in [0.2, 0.25) is 15.9 Å². The summed E-state index contributed by atoms with van der Waals surface area (Å²) in [5.41, 5.74) is 2.26. The summed E-state index contributed by atoms with van der Waals surface area (Å²) in [6.07, 6.45) is 4.16. The van der Waals surface area contributed by atoms with Gasteiger partial charge in [-0.25, -0.2) is 8.42 Å². The lowest BCUT2D eigenvalue weighted by Crippen LogP contribution is -2.45. The number of carbonyl (C=O) groups excluding carboxylic acids is 1. The molecule has 1 N–H and O–H groups in total. The summed E-state index contributed by atoms with van der Waals surface area (Å²) in [5, 5.41) is 3.92. The van der Waals surface area contributed by atoms with Crippen molar-refractivity contribution in [2.75, 3.05) is 33.2 Å². The second-order valence-corrected chi connectivity index (χ2v) is 11.2. The highest BCUT2D eigenvalue weighted by Crippen LogP contribution is 2.26. The number of carbonyl (C=O) groups is 1. The van der Waals surface area contributed by atoms with Crippen LogP contribution in [0.4, 0.5) is 0 Å². The number of nitrogens with one attached hydrogen (secondary N) is 1. The van der Waals surface area contributed by atoms with Crippen LogP contribution in [0.15, 0.2) is 65.7 Å².